The highest BCUT2D eigenvalue weighted by atomic mass is 16.2. The van der Waals surface area contributed by atoms with Crippen LogP contribution < -0.4 is 5.32 Å². The van der Waals surface area contributed by atoms with Gasteiger partial charge in [-0.3, -0.25) is 4.68 Å². The number of nitrogens with one attached hydrogen (secondary N) is 1. The number of urea groups is 1. The molecule has 2 heterocycles. The molecular formula is C19H24N4O. The smallest absolute Gasteiger partial charge is 0.318 e. The van der Waals surface area contributed by atoms with Gasteiger partial charge in [0.1, 0.15) is 0 Å². The van der Waals surface area contributed by atoms with E-state index in [1.54, 1.807) is 0 Å². The van der Waals surface area contributed by atoms with Crippen molar-refractivity contribution in [1.29, 1.82) is 0 Å². The molecule has 1 saturated carbocycles. The zero-order valence-electron chi connectivity index (χ0n) is 13.9. The summed E-state index contributed by atoms with van der Waals surface area (Å²) >= 11 is 0. The zero-order chi connectivity index (χ0) is 16.4. The fourth-order valence-electron chi connectivity index (χ4n) is 3.90. The first kappa shape index (κ1) is 15.2. The molecule has 1 fully saturated rings. The number of benzene rings is 1. The van der Waals surface area contributed by atoms with Crippen LogP contribution in [0.5, 0.6) is 0 Å². The summed E-state index contributed by atoms with van der Waals surface area (Å²) in [6, 6.07) is 10.1. The number of hydrogen-bond donors (Lipinski definition) is 1. The van der Waals surface area contributed by atoms with Gasteiger partial charge >= 0.3 is 6.03 Å². The lowest BCUT2D eigenvalue weighted by Crippen LogP contribution is -2.44. The lowest BCUT2D eigenvalue weighted by molar-refractivity contribution is 0.180. The first-order chi connectivity index (χ1) is 11.8. The van der Waals surface area contributed by atoms with Gasteiger partial charge in [-0.2, -0.15) is 5.10 Å². The van der Waals surface area contributed by atoms with Crippen molar-refractivity contribution in [2.75, 3.05) is 6.54 Å². The Morgan fingerprint density at radius 3 is 2.75 bits per heavy atom. The van der Waals surface area contributed by atoms with Gasteiger partial charge in [-0.05, 0) is 29.9 Å². The van der Waals surface area contributed by atoms with Crippen LogP contribution in [0.2, 0.25) is 0 Å². The van der Waals surface area contributed by atoms with Crippen LogP contribution in [0.15, 0.2) is 36.5 Å². The highest BCUT2D eigenvalue weighted by Gasteiger charge is 2.28. The molecule has 1 N–H and O–H groups in total. The van der Waals surface area contributed by atoms with Gasteiger partial charge in [0.25, 0.3) is 0 Å². The van der Waals surface area contributed by atoms with Gasteiger partial charge < -0.3 is 10.2 Å². The molecule has 24 heavy (non-hydrogen) atoms. The highest BCUT2D eigenvalue weighted by Crippen LogP contribution is 2.36. The predicted octanol–water partition coefficient (Wildman–Crippen LogP) is 3.27. The second-order valence-electron chi connectivity index (χ2n) is 6.82. The molecule has 5 heteroatoms. The van der Waals surface area contributed by atoms with Gasteiger partial charge in [-0.15, -0.1) is 0 Å². The van der Waals surface area contributed by atoms with Gasteiger partial charge in [-0.25, -0.2) is 4.79 Å². The number of fused-ring (bicyclic) bond motifs is 1. The molecule has 5 nitrogen and oxygen atoms in total. The molecule has 126 valence electrons. The molecule has 1 aliphatic heterocycles. The summed E-state index contributed by atoms with van der Waals surface area (Å²) in [5, 5.41) is 7.58. The van der Waals surface area contributed by atoms with Crippen LogP contribution in [0, 0.1) is 0 Å². The van der Waals surface area contributed by atoms with E-state index >= 15 is 0 Å². The molecule has 1 aromatic heterocycles. The van der Waals surface area contributed by atoms with Crippen molar-refractivity contribution in [3.8, 4) is 0 Å². The number of amides is 2. The molecule has 0 spiro atoms. The third kappa shape index (κ3) is 3.03. The van der Waals surface area contributed by atoms with E-state index in [0.717, 1.165) is 18.7 Å². The maximum absolute atomic E-state index is 12.5. The van der Waals surface area contributed by atoms with Crippen molar-refractivity contribution < 1.29 is 4.79 Å². The number of aromatic nitrogens is 2. The van der Waals surface area contributed by atoms with Crippen molar-refractivity contribution in [2.45, 2.75) is 51.2 Å². The van der Waals surface area contributed by atoms with Gasteiger partial charge in [-0.1, -0.05) is 43.2 Å². The van der Waals surface area contributed by atoms with E-state index in [9.17, 15) is 4.79 Å². The maximum atomic E-state index is 12.5. The summed E-state index contributed by atoms with van der Waals surface area (Å²) < 4.78 is 2.09. The van der Waals surface area contributed by atoms with Crippen molar-refractivity contribution in [3.05, 3.63) is 53.3 Å². The molecule has 0 atom stereocenters. The Morgan fingerprint density at radius 2 is 1.96 bits per heavy atom. The lowest BCUT2D eigenvalue weighted by atomic mass is 9.97. The summed E-state index contributed by atoms with van der Waals surface area (Å²) in [5.41, 5.74) is 3.73. The molecule has 4 rings (SSSR count). The van der Waals surface area contributed by atoms with E-state index in [4.69, 9.17) is 0 Å². The Bertz CT molecular complexity index is 703. The fraction of sp³-hybridized carbons (Fsp3) is 0.474. The molecule has 2 aliphatic rings. The average molecular weight is 324 g/mol. The Kier molecular flexibility index (Phi) is 4.24. The maximum Gasteiger partial charge on any atom is 0.318 e. The van der Waals surface area contributed by atoms with Crippen LogP contribution >= 0.6 is 0 Å². The van der Waals surface area contributed by atoms with E-state index in [2.05, 4.69) is 15.1 Å². The molecule has 0 unspecified atom stereocenters. The minimum atomic E-state index is 0.0173. The van der Waals surface area contributed by atoms with Crippen LogP contribution in [0.25, 0.3) is 0 Å². The first-order valence-electron chi connectivity index (χ1n) is 8.92. The van der Waals surface area contributed by atoms with Gasteiger partial charge in [0.15, 0.2) is 0 Å². The molecule has 2 aromatic rings. The summed E-state index contributed by atoms with van der Waals surface area (Å²) in [4.78, 5) is 14.4. The van der Waals surface area contributed by atoms with Crippen molar-refractivity contribution in [1.82, 2.24) is 20.0 Å². The summed E-state index contributed by atoms with van der Waals surface area (Å²) in [6.45, 7) is 2.76. The molecular weight excluding hydrogens is 300 g/mol. The van der Waals surface area contributed by atoms with Crippen LogP contribution in [0.3, 0.4) is 0 Å². The quantitative estimate of drug-likeness (QED) is 0.942. The molecule has 2 amide bonds. The molecule has 1 aliphatic carbocycles. The number of carbonyl (C=O) groups is 1. The Morgan fingerprint density at radius 1 is 1.17 bits per heavy atom. The third-order valence-electron chi connectivity index (χ3n) is 5.27. The molecule has 0 radical (unpaired) electrons. The van der Waals surface area contributed by atoms with E-state index in [1.807, 2.05) is 41.4 Å². The van der Waals surface area contributed by atoms with Crippen molar-refractivity contribution in [3.63, 3.8) is 0 Å². The second-order valence-corrected chi connectivity index (χ2v) is 6.82. The minimum absolute atomic E-state index is 0.0173. The standard InChI is InChI=1S/C19H24N4O/c24-19(20-12-15-6-2-1-3-7-15)22-10-11-23-18(14-22)17(13-21-23)16-8-4-5-9-16/h1-3,6-7,13,16H,4-5,8-12,14H2,(H,20,24). The van der Waals surface area contributed by atoms with Crippen LogP contribution in [-0.2, 0) is 19.6 Å². The lowest BCUT2D eigenvalue weighted by Gasteiger charge is -2.29. The largest absolute Gasteiger partial charge is 0.334 e. The monoisotopic (exact) mass is 324 g/mol. The van der Waals surface area contributed by atoms with Crippen molar-refractivity contribution in [2.24, 2.45) is 0 Å². The summed E-state index contributed by atoms with van der Waals surface area (Å²) in [5.74, 6) is 0.640. The Balaban J connectivity index is 1.41. The fourth-order valence-corrected chi connectivity index (χ4v) is 3.90. The number of hydrogen-bond acceptors (Lipinski definition) is 2. The van der Waals surface area contributed by atoms with E-state index in [0.29, 0.717) is 19.0 Å². The first-order valence-corrected chi connectivity index (χ1v) is 8.92. The van der Waals surface area contributed by atoms with E-state index < -0.39 is 0 Å². The van der Waals surface area contributed by atoms with Gasteiger partial charge in [0.2, 0.25) is 0 Å². The Hall–Kier alpha value is -2.30. The average Bonchev–Trinajstić information content (AvgIpc) is 3.29. The predicted molar refractivity (Wildman–Crippen MR) is 92.5 cm³/mol. The van der Waals surface area contributed by atoms with Crippen LogP contribution in [0.4, 0.5) is 4.79 Å². The van der Waals surface area contributed by atoms with Crippen molar-refractivity contribution >= 4 is 6.03 Å². The van der Waals surface area contributed by atoms with E-state index in [1.165, 1.54) is 36.9 Å². The number of carbonyl (C=O) groups excluding carboxylic acids is 1. The normalized spacial score (nSPS) is 17.8. The SMILES string of the molecule is O=C(NCc1ccccc1)N1CCn2ncc(C3CCCC3)c2C1. The molecule has 1 aromatic carbocycles. The summed E-state index contributed by atoms with van der Waals surface area (Å²) in [6.07, 6.45) is 7.20. The van der Waals surface area contributed by atoms with E-state index in [-0.39, 0.29) is 6.03 Å². The highest BCUT2D eigenvalue weighted by molar-refractivity contribution is 5.74. The Labute approximate surface area is 142 Å². The minimum Gasteiger partial charge on any atom is -0.334 e. The van der Waals surface area contributed by atoms with Gasteiger partial charge in [0.05, 0.1) is 25.0 Å². The van der Waals surface area contributed by atoms with Crippen LogP contribution in [0.1, 0.15) is 48.4 Å². The topological polar surface area (TPSA) is 50.2 Å². The third-order valence-corrected chi connectivity index (χ3v) is 5.27. The van der Waals surface area contributed by atoms with Gasteiger partial charge in [0, 0.05) is 13.1 Å². The van der Waals surface area contributed by atoms with Crippen LogP contribution in [-0.4, -0.2) is 27.3 Å². The number of rotatable bonds is 3. The molecule has 0 saturated heterocycles. The molecule has 0 bridgehead atoms. The summed E-state index contributed by atoms with van der Waals surface area (Å²) in [7, 11) is 0. The number of nitrogens with zero attached hydrogens (tertiary/aromatic N) is 3. The zero-order valence-corrected chi connectivity index (χ0v) is 13.9. The second kappa shape index (κ2) is 6.67.